The highest BCUT2D eigenvalue weighted by molar-refractivity contribution is 6.05. The van der Waals surface area contributed by atoms with Crippen molar-refractivity contribution in [1.82, 2.24) is 9.88 Å². The fourth-order valence-electron chi connectivity index (χ4n) is 1.97. The molecule has 0 aliphatic rings. The summed E-state index contributed by atoms with van der Waals surface area (Å²) < 4.78 is 6.25. The van der Waals surface area contributed by atoms with Crippen LogP contribution < -0.4 is 11.1 Å². The van der Waals surface area contributed by atoms with E-state index < -0.39 is 29.3 Å². The van der Waals surface area contributed by atoms with Crippen LogP contribution in [0.15, 0.2) is 36.5 Å². The first-order chi connectivity index (χ1) is 11.8. The lowest BCUT2D eigenvalue weighted by Crippen LogP contribution is -2.35. The van der Waals surface area contributed by atoms with Gasteiger partial charge in [0.15, 0.2) is 6.61 Å². The summed E-state index contributed by atoms with van der Waals surface area (Å²) in [6.45, 7) is -0.739. The van der Waals surface area contributed by atoms with Crippen molar-refractivity contribution in [2.45, 2.75) is 0 Å². The van der Waals surface area contributed by atoms with Crippen molar-refractivity contribution in [3.05, 3.63) is 57.9 Å². The fourth-order valence-corrected chi connectivity index (χ4v) is 1.97. The van der Waals surface area contributed by atoms with Gasteiger partial charge in [-0.2, -0.15) is 0 Å². The molecule has 1 heterocycles. The molecule has 130 valence electrons. The Morgan fingerprint density at radius 2 is 2.04 bits per heavy atom. The number of non-ortho nitro benzene ring substituents is 1. The van der Waals surface area contributed by atoms with Crippen LogP contribution in [0.5, 0.6) is 0 Å². The summed E-state index contributed by atoms with van der Waals surface area (Å²) in [7, 11) is 1.63. The van der Waals surface area contributed by atoms with Crippen LogP contribution in [0.2, 0.25) is 0 Å². The molecule has 2 amide bonds. The smallest absolute Gasteiger partial charge is 0.341 e. The molecule has 2 rings (SSSR count). The van der Waals surface area contributed by atoms with Crippen LogP contribution in [0.4, 0.5) is 11.4 Å². The number of hydrogen-bond acceptors (Lipinski definition) is 7. The molecule has 0 spiro atoms. The van der Waals surface area contributed by atoms with E-state index in [9.17, 15) is 24.5 Å². The van der Waals surface area contributed by atoms with Gasteiger partial charge in [0.25, 0.3) is 17.5 Å². The van der Waals surface area contributed by atoms with Gasteiger partial charge >= 0.3 is 5.97 Å². The average Bonchev–Trinajstić information content (AvgIpc) is 2.99. The third kappa shape index (κ3) is 4.19. The summed E-state index contributed by atoms with van der Waals surface area (Å²) in [6.07, 6.45) is 1.63. The van der Waals surface area contributed by atoms with Crippen molar-refractivity contribution >= 4 is 29.2 Å². The summed E-state index contributed by atoms with van der Waals surface area (Å²) in [5.41, 5.74) is 5.22. The number of aryl methyl sites for hydroxylation is 1. The third-order valence-corrected chi connectivity index (χ3v) is 3.23. The SMILES string of the molecule is Cn1cccc1C(=O)NC(=O)COC(=O)c1cc([N+](=O)[O-])ccc1N. The number of carbonyl (C=O) groups excluding carboxylic acids is 3. The molecule has 0 atom stereocenters. The van der Waals surface area contributed by atoms with Crippen LogP contribution in [-0.4, -0.2) is 33.9 Å². The number of aromatic nitrogens is 1. The van der Waals surface area contributed by atoms with Gasteiger partial charge in [-0.05, 0) is 18.2 Å². The van der Waals surface area contributed by atoms with Crippen molar-refractivity contribution < 1.29 is 24.0 Å². The molecule has 0 unspecified atom stereocenters. The molecule has 1 aromatic heterocycles. The minimum atomic E-state index is -1.01. The molecule has 3 N–H and O–H groups in total. The number of rotatable bonds is 5. The third-order valence-electron chi connectivity index (χ3n) is 3.23. The Morgan fingerprint density at radius 1 is 1.32 bits per heavy atom. The maximum atomic E-state index is 11.9. The molecule has 0 bridgehead atoms. The van der Waals surface area contributed by atoms with Crippen molar-refractivity contribution in [3.63, 3.8) is 0 Å². The van der Waals surface area contributed by atoms with Crippen LogP contribution in [0.1, 0.15) is 20.8 Å². The van der Waals surface area contributed by atoms with Crippen LogP contribution >= 0.6 is 0 Å². The predicted molar refractivity (Wildman–Crippen MR) is 85.7 cm³/mol. The van der Waals surface area contributed by atoms with Gasteiger partial charge in [-0.25, -0.2) is 4.79 Å². The summed E-state index contributed by atoms with van der Waals surface area (Å²) in [4.78, 5) is 45.5. The van der Waals surface area contributed by atoms with E-state index in [4.69, 9.17) is 10.5 Å². The van der Waals surface area contributed by atoms with Crippen molar-refractivity contribution in [2.24, 2.45) is 7.05 Å². The molecule has 2 aromatic rings. The van der Waals surface area contributed by atoms with E-state index in [2.05, 4.69) is 5.32 Å². The van der Waals surface area contributed by atoms with Crippen LogP contribution in [0, 0.1) is 10.1 Å². The summed E-state index contributed by atoms with van der Waals surface area (Å²) in [6, 6.07) is 6.42. The molecular weight excluding hydrogens is 332 g/mol. The number of anilines is 1. The lowest BCUT2D eigenvalue weighted by atomic mass is 10.1. The van der Waals surface area contributed by atoms with Gasteiger partial charge in [-0.3, -0.25) is 25.0 Å². The quantitative estimate of drug-likeness (QED) is 0.349. The van der Waals surface area contributed by atoms with Gasteiger partial charge < -0.3 is 15.0 Å². The fraction of sp³-hybridized carbons (Fsp3) is 0.133. The second-order valence-electron chi connectivity index (χ2n) is 4.99. The zero-order valence-corrected chi connectivity index (χ0v) is 13.1. The largest absolute Gasteiger partial charge is 0.452 e. The van der Waals surface area contributed by atoms with Gasteiger partial charge in [0.05, 0.1) is 10.5 Å². The maximum Gasteiger partial charge on any atom is 0.341 e. The molecule has 0 saturated carbocycles. The minimum Gasteiger partial charge on any atom is -0.452 e. The normalized spacial score (nSPS) is 10.1. The highest BCUT2D eigenvalue weighted by Gasteiger charge is 2.19. The molecule has 0 aliphatic heterocycles. The number of hydrogen-bond donors (Lipinski definition) is 2. The number of nitrogen functional groups attached to an aromatic ring is 1. The van der Waals surface area contributed by atoms with E-state index in [0.29, 0.717) is 0 Å². The Bertz CT molecular complexity index is 857. The van der Waals surface area contributed by atoms with Crippen LogP contribution in [0.25, 0.3) is 0 Å². The highest BCUT2D eigenvalue weighted by Crippen LogP contribution is 2.20. The zero-order valence-electron chi connectivity index (χ0n) is 13.1. The lowest BCUT2D eigenvalue weighted by molar-refractivity contribution is -0.384. The second-order valence-corrected chi connectivity index (χ2v) is 4.99. The van der Waals surface area contributed by atoms with Crippen molar-refractivity contribution in [2.75, 3.05) is 12.3 Å². The van der Waals surface area contributed by atoms with E-state index in [1.54, 1.807) is 19.3 Å². The highest BCUT2D eigenvalue weighted by atomic mass is 16.6. The first-order valence-electron chi connectivity index (χ1n) is 6.96. The zero-order chi connectivity index (χ0) is 18.6. The summed E-state index contributed by atoms with van der Waals surface area (Å²) >= 11 is 0. The number of nitro groups is 1. The number of nitrogens with one attached hydrogen (secondary N) is 1. The van der Waals surface area contributed by atoms with Gasteiger partial charge in [-0.1, -0.05) is 0 Å². The number of amides is 2. The number of benzene rings is 1. The summed E-state index contributed by atoms with van der Waals surface area (Å²) in [5.74, 6) is -2.50. The molecule has 0 aliphatic carbocycles. The van der Waals surface area contributed by atoms with Gasteiger partial charge in [-0.15, -0.1) is 0 Å². The molecule has 0 fully saturated rings. The Hall–Kier alpha value is -3.69. The Balaban J connectivity index is 1.97. The van der Waals surface area contributed by atoms with E-state index >= 15 is 0 Å². The Labute approximate surface area is 141 Å². The number of imide groups is 1. The molecule has 25 heavy (non-hydrogen) atoms. The monoisotopic (exact) mass is 346 g/mol. The Morgan fingerprint density at radius 3 is 2.64 bits per heavy atom. The first kappa shape index (κ1) is 17.7. The van der Waals surface area contributed by atoms with Gasteiger partial charge in [0.2, 0.25) is 0 Å². The van der Waals surface area contributed by atoms with Gasteiger partial charge in [0, 0.05) is 31.1 Å². The number of ether oxygens (including phenoxy) is 1. The number of esters is 1. The van der Waals surface area contributed by atoms with Crippen molar-refractivity contribution in [1.29, 1.82) is 0 Å². The average molecular weight is 346 g/mol. The number of nitro benzene ring substituents is 1. The molecule has 10 nitrogen and oxygen atoms in total. The van der Waals surface area contributed by atoms with E-state index in [-0.39, 0.29) is 22.6 Å². The molecular formula is C15H14N4O6. The lowest BCUT2D eigenvalue weighted by Gasteiger charge is -2.08. The minimum absolute atomic E-state index is 0.0316. The van der Waals surface area contributed by atoms with Gasteiger partial charge in [0.1, 0.15) is 5.69 Å². The van der Waals surface area contributed by atoms with Crippen LogP contribution in [0.3, 0.4) is 0 Å². The first-order valence-corrected chi connectivity index (χ1v) is 6.96. The standard InChI is InChI=1S/C15H14N4O6/c1-18-6-2-3-12(18)14(21)17-13(20)8-25-15(22)10-7-9(19(23)24)4-5-11(10)16/h2-7H,8,16H2,1H3,(H,17,20,21). The van der Waals surface area contributed by atoms with E-state index in [1.807, 2.05) is 0 Å². The molecule has 10 heteroatoms. The topological polar surface area (TPSA) is 147 Å². The molecule has 1 aromatic carbocycles. The maximum absolute atomic E-state index is 11.9. The molecule has 0 saturated heterocycles. The predicted octanol–water partition coefficient (Wildman–Crippen LogP) is 0.629. The number of nitrogens with zero attached hydrogens (tertiary/aromatic N) is 2. The number of carbonyl (C=O) groups is 3. The Kier molecular flexibility index (Phi) is 5.12. The summed E-state index contributed by atoms with van der Waals surface area (Å²) in [5, 5.41) is 12.8. The van der Waals surface area contributed by atoms with Crippen LogP contribution in [-0.2, 0) is 16.6 Å². The van der Waals surface area contributed by atoms with Crippen molar-refractivity contribution in [3.8, 4) is 0 Å². The number of nitrogens with two attached hydrogens (primary N) is 1. The molecule has 0 radical (unpaired) electrons. The van der Waals surface area contributed by atoms with E-state index in [1.165, 1.54) is 16.7 Å². The second kappa shape index (κ2) is 7.25. The van der Waals surface area contributed by atoms with E-state index in [0.717, 1.165) is 12.1 Å².